The van der Waals surface area contributed by atoms with Crippen LogP contribution in [0, 0.1) is 0 Å². The fourth-order valence-electron chi connectivity index (χ4n) is 1.86. The molecule has 0 radical (unpaired) electrons. The van der Waals surface area contributed by atoms with Gasteiger partial charge in [0.15, 0.2) is 5.58 Å². The highest BCUT2D eigenvalue weighted by atomic mass is 35.5. The molecular formula is C15H12ClN3O. The Morgan fingerprint density at radius 3 is 2.75 bits per heavy atom. The summed E-state index contributed by atoms with van der Waals surface area (Å²) < 4.78 is 5.48. The summed E-state index contributed by atoms with van der Waals surface area (Å²) in [6, 6.07) is 15.4. The molecular weight excluding hydrogens is 274 g/mol. The van der Waals surface area contributed by atoms with Crippen LogP contribution in [0.3, 0.4) is 0 Å². The van der Waals surface area contributed by atoms with Crippen LogP contribution in [0.2, 0.25) is 5.02 Å². The molecule has 0 spiro atoms. The van der Waals surface area contributed by atoms with Crippen LogP contribution in [0.25, 0.3) is 11.1 Å². The molecule has 100 valence electrons. The summed E-state index contributed by atoms with van der Waals surface area (Å²) in [7, 11) is 0. The molecule has 0 saturated carbocycles. The maximum absolute atomic E-state index is 5.89. The van der Waals surface area contributed by atoms with Crippen molar-refractivity contribution in [1.82, 2.24) is 4.98 Å². The summed E-state index contributed by atoms with van der Waals surface area (Å²) in [6.45, 7) is 1.97. The third-order valence-corrected chi connectivity index (χ3v) is 3.17. The Labute approximate surface area is 121 Å². The van der Waals surface area contributed by atoms with Gasteiger partial charge in [0.2, 0.25) is 0 Å². The van der Waals surface area contributed by atoms with E-state index in [-0.39, 0.29) is 12.1 Å². The summed E-state index contributed by atoms with van der Waals surface area (Å²) in [5.74, 6) is 0. The van der Waals surface area contributed by atoms with Gasteiger partial charge in [-0.1, -0.05) is 47.0 Å². The number of azo groups is 1. The lowest BCUT2D eigenvalue weighted by Crippen LogP contribution is -1.86. The van der Waals surface area contributed by atoms with Gasteiger partial charge in [-0.2, -0.15) is 10.1 Å². The molecule has 1 aromatic heterocycles. The zero-order chi connectivity index (χ0) is 13.9. The van der Waals surface area contributed by atoms with Gasteiger partial charge in [-0.25, -0.2) is 0 Å². The van der Waals surface area contributed by atoms with Crippen LogP contribution in [0.15, 0.2) is 63.2 Å². The van der Waals surface area contributed by atoms with Gasteiger partial charge in [-0.05, 0) is 24.6 Å². The van der Waals surface area contributed by atoms with E-state index in [1.165, 1.54) is 0 Å². The van der Waals surface area contributed by atoms with Crippen molar-refractivity contribution in [2.75, 3.05) is 0 Å². The number of halogens is 1. The topological polar surface area (TPSA) is 50.8 Å². The van der Waals surface area contributed by atoms with E-state index < -0.39 is 0 Å². The SMILES string of the molecule is CC(N=Nc1nc2ccc(Cl)cc2o1)c1ccccc1. The molecule has 1 unspecified atom stereocenters. The molecule has 1 heterocycles. The van der Waals surface area contributed by atoms with Gasteiger partial charge in [-0.3, -0.25) is 0 Å². The van der Waals surface area contributed by atoms with Crippen LogP contribution >= 0.6 is 11.6 Å². The van der Waals surface area contributed by atoms with Crippen molar-refractivity contribution in [3.63, 3.8) is 0 Å². The van der Waals surface area contributed by atoms with Crippen LogP contribution in [0.1, 0.15) is 18.5 Å². The standard InChI is InChI=1S/C15H12ClN3O/c1-10(11-5-3-2-4-6-11)18-19-15-17-13-8-7-12(16)9-14(13)20-15/h2-10H,1H3. The number of benzene rings is 2. The van der Waals surface area contributed by atoms with Gasteiger partial charge < -0.3 is 4.42 Å². The number of fused-ring (bicyclic) bond motifs is 1. The van der Waals surface area contributed by atoms with Crippen LogP contribution in [0.5, 0.6) is 0 Å². The molecule has 3 rings (SSSR count). The molecule has 0 amide bonds. The molecule has 1 atom stereocenters. The maximum Gasteiger partial charge on any atom is 0.341 e. The zero-order valence-corrected chi connectivity index (χ0v) is 11.6. The largest absolute Gasteiger partial charge is 0.421 e. The second-order valence-corrected chi connectivity index (χ2v) is 4.85. The summed E-state index contributed by atoms with van der Waals surface area (Å²) >= 11 is 5.89. The first-order valence-electron chi connectivity index (χ1n) is 6.24. The first-order chi connectivity index (χ1) is 9.72. The minimum Gasteiger partial charge on any atom is -0.421 e. The fourth-order valence-corrected chi connectivity index (χ4v) is 2.03. The number of hydrogen-bond donors (Lipinski definition) is 0. The minimum atomic E-state index is -0.0465. The number of oxazole rings is 1. The lowest BCUT2D eigenvalue weighted by Gasteiger charge is -2.02. The number of rotatable bonds is 3. The summed E-state index contributed by atoms with van der Waals surface area (Å²) in [4.78, 5) is 4.23. The maximum atomic E-state index is 5.89. The molecule has 4 nitrogen and oxygen atoms in total. The quantitative estimate of drug-likeness (QED) is 0.611. The third kappa shape index (κ3) is 2.70. The molecule has 0 bridgehead atoms. The van der Waals surface area contributed by atoms with Crippen LogP contribution in [-0.2, 0) is 0 Å². The number of hydrogen-bond acceptors (Lipinski definition) is 4. The minimum absolute atomic E-state index is 0.0465. The van der Waals surface area contributed by atoms with Crippen LogP contribution in [-0.4, -0.2) is 4.98 Å². The Morgan fingerprint density at radius 1 is 1.15 bits per heavy atom. The second-order valence-electron chi connectivity index (χ2n) is 4.41. The molecule has 20 heavy (non-hydrogen) atoms. The van der Waals surface area contributed by atoms with Crippen molar-refractivity contribution >= 4 is 28.7 Å². The second kappa shape index (κ2) is 5.43. The number of aromatic nitrogens is 1. The monoisotopic (exact) mass is 285 g/mol. The van der Waals surface area contributed by atoms with Crippen LogP contribution < -0.4 is 0 Å². The van der Waals surface area contributed by atoms with E-state index in [4.69, 9.17) is 16.0 Å². The highest BCUT2D eigenvalue weighted by Crippen LogP contribution is 2.25. The lowest BCUT2D eigenvalue weighted by molar-refractivity contribution is 0.595. The van der Waals surface area contributed by atoms with Gasteiger partial charge in [0.05, 0.1) is 6.04 Å². The Morgan fingerprint density at radius 2 is 1.95 bits per heavy atom. The first kappa shape index (κ1) is 12.8. The number of nitrogens with zero attached hydrogens (tertiary/aromatic N) is 3. The van der Waals surface area contributed by atoms with Crippen molar-refractivity contribution in [2.24, 2.45) is 10.2 Å². The van der Waals surface area contributed by atoms with E-state index in [2.05, 4.69) is 15.2 Å². The van der Waals surface area contributed by atoms with E-state index in [0.717, 1.165) is 11.1 Å². The molecule has 0 aliphatic heterocycles. The Hall–Kier alpha value is -2.20. The van der Waals surface area contributed by atoms with Crippen LogP contribution in [0.4, 0.5) is 6.01 Å². The van der Waals surface area contributed by atoms with Gasteiger partial charge in [0.25, 0.3) is 0 Å². The highest BCUT2D eigenvalue weighted by Gasteiger charge is 2.07. The molecule has 0 aliphatic carbocycles. The average molecular weight is 286 g/mol. The van der Waals surface area contributed by atoms with E-state index in [1.54, 1.807) is 18.2 Å². The molecule has 0 aliphatic rings. The van der Waals surface area contributed by atoms with Crippen molar-refractivity contribution in [1.29, 1.82) is 0 Å². The summed E-state index contributed by atoms with van der Waals surface area (Å²) in [5.41, 5.74) is 2.42. The Balaban J connectivity index is 1.83. The molecule has 2 aromatic carbocycles. The van der Waals surface area contributed by atoms with Gasteiger partial charge in [0.1, 0.15) is 5.52 Å². The van der Waals surface area contributed by atoms with E-state index >= 15 is 0 Å². The predicted octanol–water partition coefficient (Wildman–Crippen LogP) is 5.33. The van der Waals surface area contributed by atoms with E-state index in [0.29, 0.717) is 10.6 Å². The molecule has 3 aromatic rings. The summed E-state index contributed by atoms with van der Waals surface area (Å²) in [6.07, 6.45) is 0. The van der Waals surface area contributed by atoms with Gasteiger partial charge in [0, 0.05) is 11.1 Å². The first-order valence-corrected chi connectivity index (χ1v) is 6.62. The van der Waals surface area contributed by atoms with Gasteiger partial charge >= 0.3 is 6.01 Å². The summed E-state index contributed by atoms with van der Waals surface area (Å²) in [5, 5.41) is 8.88. The normalized spacial score (nSPS) is 13.1. The molecule has 0 N–H and O–H groups in total. The van der Waals surface area contributed by atoms with Crippen molar-refractivity contribution in [2.45, 2.75) is 13.0 Å². The average Bonchev–Trinajstić information content (AvgIpc) is 2.87. The molecule has 5 heteroatoms. The third-order valence-electron chi connectivity index (χ3n) is 2.94. The van der Waals surface area contributed by atoms with Crippen molar-refractivity contribution < 1.29 is 4.42 Å². The molecule has 0 saturated heterocycles. The van der Waals surface area contributed by atoms with E-state index in [1.807, 2.05) is 37.3 Å². The zero-order valence-electron chi connectivity index (χ0n) is 10.8. The van der Waals surface area contributed by atoms with Crippen molar-refractivity contribution in [3.8, 4) is 0 Å². The van der Waals surface area contributed by atoms with Crippen molar-refractivity contribution in [3.05, 3.63) is 59.1 Å². The van der Waals surface area contributed by atoms with Gasteiger partial charge in [-0.15, -0.1) is 0 Å². The Kier molecular flexibility index (Phi) is 3.48. The Bertz CT molecular complexity index is 752. The fraction of sp³-hybridized carbons (Fsp3) is 0.133. The smallest absolute Gasteiger partial charge is 0.341 e. The highest BCUT2D eigenvalue weighted by molar-refractivity contribution is 6.31. The lowest BCUT2D eigenvalue weighted by atomic mass is 10.1. The van der Waals surface area contributed by atoms with E-state index in [9.17, 15) is 0 Å². The predicted molar refractivity (Wildman–Crippen MR) is 78.4 cm³/mol. The molecule has 0 fully saturated rings.